The molecule has 0 aliphatic rings. The predicted molar refractivity (Wildman–Crippen MR) is 156 cm³/mol. The van der Waals surface area contributed by atoms with Gasteiger partial charge < -0.3 is 10.1 Å². The molecular formula is C28H20IN3O7S. The lowest BCUT2D eigenvalue weighted by atomic mass is 10.1. The van der Waals surface area contributed by atoms with Crippen LogP contribution in [0.5, 0.6) is 11.5 Å². The van der Waals surface area contributed by atoms with Crippen molar-refractivity contribution >= 4 is 56.2 Å². The van der Waals surface area contributed by atoms with Gasteiger partial charge in [0, 0.05) is 17.7 Å². The Bertz CT molecular complexity index is 1710. The van der Waals surface area contributed by atoms with Crippen molar-refractivity contribution in [3.8, 4) is 11.5 Å². The van der Waals surface area contributed by atoms with Gasteiger partial charge in [0.25, 0.3) is 27.5 Å². The number of halogens is 1. The van der Waals surface area contributed by atoms with Gasteiger partial charge in [0.1, 0.15) is 17.2 Å². The molecule has 0 aliphatic heterocycles. The van der Waals surface area contributed by atoms with Crippen molar-refractivity contribution in [1.82, 2.24) is 10.0 Å². The number of carbonyl (C=O) groups excluding carboxylic acids is 2. The number of benzene rings is 4. The number of amides is 2. The first-order valence-corrected chi connectivity index (χ1v) is 14.1. The van der Waals surface area contributed by atoms with Gasteiger partial charge >= 0.3 is 0 Å². The highest BCUT2D eigenvalue weighted by Crippen LogP contribution is 2.27. The highest BCUT2D eigenvalue weighted by atomic mass is 127. The Morgan fingerprint density at radius 1 is 0.875 bits per heavy atom. The number of rotatable bonds is 9. The van der Waals surface area contributed by atoms with Gasteiger partial charge in [-0.3, -0.25) is 19.7 Å². The first-order chi connectivity index (χ1) is 19.1. The zero-order chi connectivity index (χ0) is 28.7. The summed E-state index contributed by atoms with van der Waals surface area (Å²) in [6.07, 6.45) is 1.30. The molecule has 4 aromatic carbocycles. The van der Waals surface area contributed by atoms with Crippen molar-refractivity contribution in [3.05, 3.63) is 134 Å². The van der Waals surface area contributed by atoms with E-state index in [0.717, 1.165) is 21.8 Å². The van der Waals surface area contributed by atoms with Gasteiger partial charge in [-0.05, 0) is 76.7 Å². The van der Waals surface area contributed by atoms with E-state index < -0.39 is 37.3 Å². The third-order valence-electron chi connectivity index (χ3n) is 5.35. The smallest absolute Gasteiger partial charge is 0.281 e. The molecule has 4 aromatic rings. The SMILES string of the molecule is O=C(NS(=O)(=O)c1cccc([N+](=O)[O-])c1)/C(=C/c1ccc(Oc2ccccc2I)cc1)NC(=O)c1ccccc1. The molecule has 0 aromatic heterocycles. The number of non-ortho nitro benzene ring substituents is 1. The van der Waals surface area contributed by atoms with E-state index in [2.05, 4.69) is 27.9 Å². The zero-order valence-electron chi connectivity index (χ0n) is 20.5. The number of nitro groups is 1. The standard InChI is InChI=1S/C28H20IN3O7S/c29-24-11-4-5-12-26(24)39-22-15-13-19(14-16-22)17-25(30-27(33)20-7-2-1-3-8-20)28(34)31-40(37,38)23-10-6-9-21(18-23)32(35)36/h1-18H,(H,30,33)(H,31,34)/b25-17-. The normalized spacial score (nSPS) is 11.4. The van der Waals surface area contributed by atoms with Gasteiger partial charge in [0.2, 0.25) is 0 Å². The minimum absolute atomic E-state index is 0.240. The van der Waals surface area contributed by atoms with Crippen LogP contribution in [0.3, 0.4) is 0 Å². The van der Waals surface area contributed by atoms with Gasteiger partial charge in [-0.15, -0.1) is 0 Å². The number of para-hydroxylation sites is 1. The lowest BCUT2D eigenvalue weighted by molar-refractivity contribution is -0.385. The number of nitro benzene ring substituents is 1. The number of hydrogen-bond acceptors (Lipinski definition) is 7. The van der Waals surface area contributed by atoms with E-state index in [1.54, 1.807) is 42.5 Å². The maximum Gasteiger partial charge on any atom is 0.281 e. The largest absolute Gasteiger partial charge is 0.456 e. The van der Waals surface area contributed by atoms with E-state index in [1.165, 1.54) is 24.3 Å². The van der Waals surface area contributed by atoms with Crippen LogP contribution in [0.1, 0.15) is 15.9 Å². The molecule has 0 unspecified atom stereocenters. The second-order valence-corrected chi connectivity index (χ2v) is 11.0. The summed E-state index contributed by atoms with van der Waals surface area (Å²) in [4.78, 5) is 35.8. The molecule has 0 saturated heterocycles. The van der Waals surface area contributed by atoms with Gasteiger partial charge in [-0.2, -0.15) is 0 Å². The summed E-state index contributed by atoms with van der Waals surface area (Å²) in [7, 11) is -4.52. The molecule has 0 heterocycles. The first-order valence-electron chi connectivity index (χ1n) is 11.5. The quantitative estimate of drug-likeness (QED) is 0.107. The van der Waals surface area contributed by atoms with Crippen molar-refractivity contribution in [1.29, 1.82) is 0 Å². The Hall–Kier alpha value is -4.56. The van der Waals surface area contributed by atoms with Gasteiger partial charge in [0.15, 0.2) is 0 Å². The topological polar surface area (TPSA) is 145 Å². The molecule has 10 nitrogen and oxygen atoms in total. The Morgan fingerprint density at radius 3 is 2.23 bits per heavy atom. The third-order valence-corrected chi connectivity index (χ3v) is 7.57. The predicted octanol–water partition coefficient (Wildman–Crippen LogP) is 5.27. The van der Waals surface area contributed by atoms with Gasteiger partial charge in [0.05, 0.1) is 13.4 Å². The molecule has 202 valence electrons. The zero-order valence-corrected chi connectivity index (χ0v) is 23.5. The molecule has 2 amide bonds. The summed E-state index contributed by atoms with van der Waals surface area (Å²) in [6, 6.07) is 26.3. The van der Waals surface area contributed by atoms with E-state index in [1.807, 2.05) is 29.0 Å². The number of carbonyl (C=O) groups is 2. The summed E-state index contributed by atoms with van der Waals surface area (Å²) in [5.41, 5.74) is -0.129. The number of ether oxygens (including phenoxy) is 1. The molecule has 40 heavy (non-hydrogen) atoms. The summed E-state index contributed by atoms with van der Waals surface area (Å²) in [5.74, 6) is -0.606. The number of nitrogens with zero attached hydrogens (tertiary/aromatic N) is 1. The van der Waals surface area contributed by atoms with E-state index in [4.69, 9.17) is 4.74 Å². The molecule has 4 rings (SSSR count). The lowest BCUT2D eigenvalue weighted by Crippen LogP contribution is -2.38. The molecule has 0 saturated carbocycles. The van der Waals surface area contributed by atoms with Crippen molar-refractivity contribution in [2.45, 2.75) is 4.90 Å². The molecule has 0 bridgehead atoms. The second-order valence-electron chi connectivity index (χ2n) is 8.17. The maximum absolute atomic E-state index is 13.1. The van der Waals surface area contributed by atoms with Crippen LogP contribution in [0.15, 0.2) is 114 Å². The van der Waals surface area contributed by atoms with E-state index >= 15 is 0 Å². The van der Waals surface area contributed by atoms with E-state index in [9.17, 15) is 28.1 Å². The number of nitrogens with one attached hydrogen (secondary N) is 2. The van der Waals surface area contributed by atoms with Gasteiger partial charge in [-0.1, -0.05) is 48.5 Å². The van der Waals surface area contributed by atoms with E-state index in [0.29, 0.717) is 17.1 Å². The van der Waals surface area contributed by atoms with Crippen LogP contribution in [0.2, 0.25) is 0 Å². The van der Waals surface area contributed by atoms with Crippen LogP contribution in [0.4, 0.5) is 5.69 Å². The minimum Gasteiger partial charge on any atom is -0.456 e. The van der Waals surface area contributed by atoms with Crippen LogP contribution < -0.4 is 14.8 Å². The Labute approximate surface area is 243 Å². The molecule has 0 atom stereocenters. The third kappa shape index (κ3) is 7.30. The second kappa shape index (κ2) is 12.5. The fraction of sp³-hybridized carbons (Fsp3) is 0. The van der Waals surface area contributed by atoms with Crippen LogP contribution in [-0.2, 0) is 14.8 Å². The molecule has 0 radical (unpaired) electrons. The van der Waals surface area contributed by atoms with E-state index in [-0.39, 0.29) is 11.3 Å². The minimum atomic E-state index is -4.52. The molecular weight excluding hydrogens is 649 g/mol. The molecule has 0 spiro atoms. The first kappa shape index (κ1) is 28.4. The Kier molecular flexibility index (Phi) is 8.91. The maximum atomic E-state index is 13.1. The van der Waals surface area contributed by atoms with Crippen molar-refractivity contribution in [2.75, 3.05) is 0 Å². The van der Waals surface area contributed by atoms with Crippen molar-refractivity contribution < 1.29 is 27.7 Å². The molecule has 0 aliphatic carbocycles. The fourth-order valence-corrected chi connectivity index (χ4v) is 4.90. The summed E-state index contributed by atoms with van der Waals surface area (Å²) in [5, 5.41) is 13.5. The molecule has 12 heteroatoms. The number of hydrogen-bond donors (Lipinski definition) is 2. The van der Waals surface area contributed by atoms with Crippen LogP contribution >= 0.6 is 22.6 Å². The van der Waals surface area contributed by atoms with Crippen molar-refractivity contribution in [2.24, 2.45) is 0 Å². The average molecular weight is 669 g/mol. The summed E-state index contributed by atoms with van der Waals surface area (Å²) in [6.45, 7) is 0. The van der Waals surface area contributed by atoms with Crippen LogP contribution in [-0.4, -0.2) is 25.2 Å². The van der Waals surface area contributed by atoms with Crippen LogP contribution in [0, 0.1) is 13.7 Å². The monoisotopic (exact) mass is 669 g/mol. The van der Waals surface area contributed by atoms with Crippen LogP contribution in [0.25, 0.3) is 6.08 Å². The Morgan fingerprint density at radius 2 is 1.55 bits per heavy atom. The lowest BCUT2D eigenvalue weighted by Gasteiger charge is -2.12. The molecule has 0 fully saturated rings. The molecule has 2 N–H and O–H groups in total. The highest BCUT2D eigenvalue weighted by Gasteiger charge is 2.24. The average Bonchev–Trinajstić information content (AvgIpc) is 2.95. The van der Waals surface area contributed by atoms with Gasteiger partial charge in [-0.25, -0.2) is 13.1 Å². The highest BCUT2D eigenvalue weighted by molar-refractivity contribution is 14.1. The van der Waals surface area contributed by atoms with Crippen molar-refractivity contribution in [3.63, 3.8) is 0 Å². The summed E-state index contributed by atoms with van der Waals surface area (Å²) >= 11 is 2.15. The Balaban J connectivity index is 1.62. The number of sulfonamides is 1. The fourth-order valence-electron chi connectivity index (χ4n) is 3.40. The summed E-state index contributed by atoms with van der Waals surface area (Å²) < 4.78 is 34.4.